The minimum Gasteiger partial charge on any atom is -0.346 e. The molecule has 0 bridgehead atoms. The van der Waals surface area contributed by atoms with E-state index in [0.717, 1.165) is 0 Å². The van der Waals surface area contributed by atoms with E-state index in [2.05, 4.69) is 62.5 Å². The summed E-state index contributed by atoms with van der Waals surface area (Å²) in [4.78, 5) is 1.56. The van der Waals surface area contributed by atoms with E-state index >= 15 is 0 Å². The predicted octanol–water partition coefficient (Wildman–Crippen LogP) is 6.83. The molecule has 0 N–H and O–H groups in total. The Kier molecular flexibility index (Phi) is 16.5. The lowest BCUT2D eigenvalue weighted by Crippen LogP contribution is -2.09. The maximum Gasteiger partial charge on any atom is 0.180 e. The second-order valence-corrected chi connectivity index (χ2v) is 6.93. The number of hydrogen-bond donors (Lipinski definition) is 0. The van der Waals surface area contributed by atoms with Crippen LogP contribution in [0.5, 0.6) is 0 Å². The van der Waals surface area contributed by atoms with Gasteiger partial charge in [0.15, 0.2) is 4.90 Å². The van der Waals surface area contributed by atoms with E-state index in [1.165, 1.54) is 28.8 Å². The molecule has 0 aliphatic heterocycles. The number of rotatable bonds is 4. The standard InChI is InChI=1S/C14H20NS.C3H6.2C2H6/c1-4-10-16(5-2)14-11-15(3)13-9-7-6-8-12(13)14;1-3-2;2*1-2/h6-9,11H,4-5,10H2,1-3H3;3H,1H2,2H3;2*1-2H3/q+1;;;. The number of benzene rings is 1. The molecule has 1 aromatic heterocycles. The molecule has 0 spiro atoms. The van der Waals surface area contributed by atoms with Crippen LogP contribution in [0.4, 0.5) is 0 Å². The molecule has 1 heterocycles. The van der Waals surface area contributed by atoms with Crippen molar-refractivity contribution in [3.05, 3.63) is 43.1 Å². The SMILES string of the molecule is C=CC.CC.CC.CCC[S+](CC)c1cn(C)c2ccccc12. The molecule has 2 rings (SSSR count). The van der Waals surface area contributed by atoms with Crippen molar-refractivity contribution in [2.75, 3.05) is 11.5 Å². The molecule has 0 saturated heterocycles. The maximum absolute atomic E-state index is 3.36. The van der Waals surface area contributed by atoms with Gasteiger partial charge < -0.3 is 4.57 Å². The van der Waals surface area contributed by atoms with Gasteiger partial charge in [-0.15, -0.1) is 6.58 Å². The first-order valence-electron chi connectivity index (χ1n) is 8.98. The number of hydrogen-bond acceptors (Lipinski definition) is 0. The van der Waals surface area contributed by atoms with Crippen LogP contribution < -0.4 is 0 Å². The first-order chi connectivity index (χ1) is 11.2. The van der Waals surface area contributed by atoms with Crippen LogP contribution in [-0.2, 0) is 17.9 Å². The van der Waals surface area contributed by atoms with Crippen LogP contribution in [0.25, 0.3) is 10.9 Å². The molecule has 0 amide bonds. The Morgan fingerprint density at radius 2 is 1.61 bits per heavy atom. The van der Waals surface area contributed by atoms with Crippen LogP contribution >= 0.6 is 0 Å². The van der Waals surface area contributed by atoms with E-state index in [1.54, 1.807) is 11.0 Å². The van der Waals surface area contributed by atoms with Gasteiger partial charge in [-0.3, -0.25) is 0 Å². The van der Waals surface area contributed by atoms with Crippen molar-refractivity contribution >= 4 is 21.8 Å². The number of para-hydroxylation sites is 1. The van der Waals surface area contributed by atoms with Gasteiger partial charge in [0.1, 0.15) is 11.5 Å². The molecule has 23 heavy (non-hydrogen) atoms. The number of fused-ring (bicyclic) bond motifs is 1. The highest BCUT2D eigenvalue weighted by Gasteiger charge is 2.23. The Morgan fingerprint density at radius 3 is 2.09 bits per heavy atom. The molecular formula is C21H38NS+. The Morgan fingerprint density at radius 1 is 1.09 bits per heavy atom. The van der Waals surface area contributed by atoms with Crippen LogP contribution in [0.15, 0.2) is 48.0 Å². The monoisotopic (exact) mass is 336 g/mol. The molecule has 1 nitrogen and oxygen atoms in total. The number of aromatic nitrogens is 1. The molecule has 0 aliphatic rings. The summed E-state index contributed by atoms with van der Waals surface area (Å²) in [5, 5.41) is 1.45. The molecule has 0 saturated carbocycles. The summed E-state index contributed by atoms with van der Waals surface area (Å²) in [7, 11) is 2.58. The van der Waals surface area contributed by atoms with Crippen molar-refractivity contribution in [3.8, 4) is 0 Å². The van der Waals surface area contributed by atoms with Crippen molar-refractivity contribution in [1.29, 1.82) is 0 Å². The lowest BCUT2D eigenvalue weighted by atomic mass is 10.2. The molecular weight excluding hydrogens is 298 g/mol. The van der Waals surface area contributed by atoms with Crippen molar-refractivity contribution in [2.24, 2.45) is 7.05 Å². The highest BCUT2D eigenvalue weighted by Crippen LogP contribution is 2.27. The molecule has 2 aromatic rings. The van der Waals surface area contributed by atoms with Gasteiger partial charge in [-0.05, 0) is 32.4 Å². The van der Waals surface area contributed by atoms with Crippen molar-refractivity contribution < 1.29 is 0 Å². The second-order valence-electron chi connectivity index (χ2n) is 4.52. The first-order valence-corrected chi connectivity index (χ1v) is 10.5. The van der Waals surface area contributed by atoms with Gasteiger partial charge in [-0.2, -0.15) is 0 Å². The lowest BCUT2D eigenvalue weighted by molar-refractivity contribution is 0.956. The van der Waals surface area contributed by atoms with Gasteiger partial charge in [0.25, 0.3) is 0 Å². The highest BCUT2D eigenvalue weighted by molar-refractivity contribution is 7.97. The predicted molar refractivity (Wildman–Crippen MR) is 113 cm³/mol. The molecule has 1 aromatic carbocycles. The second kappa shape index (κ2) is 15.7. The Labute approximate surface area is 148 Å². The van der Waals surface area contributed by atoms with Crippen LogP contribution in [0, 0.1) is 0 Å². The van der Waals surface area contributed by atoms with Gasteiger partial charge in [0.2, 0.25) is 0 Å². The van der Waals surface area contributed by atoms with Crippen molar-refractivity contribution in [1.82, 2.24) is 4.57 Å². The van der Waals surface area contributed by atoms with Gasteiger partial charge in [-0.1, -0.05) is 52.8 Å². The van der Waals surface area contributed by atoms with Crippen LogP contribution in [0.2, 0.25) is 0 Å². The molecule has 2 heteroatoms. The third kappa shape index (κ3) is 7.78. The molecule has 0 radical (unpaired) electrons. The molecule has 0 aliphatic carbocycles. The maximum atomic E-state index is 3.36. The number of allylic oxidation sites excluding steroid dienone is 1. The van der Waals surface area contributed by atoms with Gasteiger partial charge >= 0.3 is 0 Å². The van der Waals surface area contributed by atoms with Crippen molar-refractivity contribution in [2.45, 2.75) is 59.8 Å². The Balaban J connectivity index is 0. The number of aryl methyl sites for hydroxylation is 1. The van der Waals surface area contributed by atoms with Crippen LogP contribution in [0.1, 0.15) is 54.9 Å². The third-order valence-corrected chi connectivity index (χ3v) is 5.52. The van der Waals surface area contributed by atoms with E-state index in [4.69, 9.17) is 0 Å². The first kappa shape index (κ1) is 24.1. The van der Waals surface area contributed by atoms with Gasteiger partial charge in [0, 0.05) is 17.9 Å². The minimum atomic E-state index is 0.431. The van der Waals surface area contributed by atoms with Gasteiger partial charge in [0.05, 0.1) is 17.1 Å². The highest BCUT2D eigenvalue weighted by atomic mass is 32.2. The topological polar surface area (TPSA) is 4.93 Å². The summed E-state index contributed by atoms with van der Waals surface area (Å²) in [6.45, 7) is 17.8. The Hall–Kier alpha value is -1.15. The molecule has 1 atom stereocenters. The van der Waals surface area contributed by atoms with E-state index in [-0.39, 0.29) is 0 Å². The fraction of sp³-hybridized carbons (Fsp3) is 0.524. The average molecular weight is 337 g/mol. The smallest absolute Gasteiger partial charge is 0.180 e. The molecule has 1 unspecified atom stereocenters. The van der Waals surface area contributed by atoms with E-state index in [9.17, 15) is 0 Å². The zero-order valence-electron chi connectivity index (χ0n) is 16.6. The molecule has 132 valence electrons. The van der Waals surface area contributed by atoms with Crippen LogP contribution in [-0.4, -0.2) is 16.1 Å². The summed E-state index contributed by atoms with van der Waals surface area (Å²) in [5.74, 6) is 2.59. The lowest BCUT2D eigenvalue weighted by Gasteiger charge is -2.02. The zero-order chi connectivity index (χ0) is 18.3. The van der Waals surface area contributed by atoms with E-state index in [1.807, 2.05) is 34.6 Å². The quantitative estimate of drug-likeness (QED) is 0.426. The zero-order valence-corrected chi connectivity index (χ0v) is 17.5. The van der Waals surface area contributed by atoms with Crippen molar-refractivity contribution in [3.63, 3.8) is 0 Å². The van der Waals surface area contributed by atoms with Gasteiger partial charge in [-0.25, -0.2) is 0 Å². The van der Waals surface area contributed by atoms with E-state index in [0.29, 0.717) is 10.9 Å². The molecule has 0 fully saturated rings. The summed E-state index contributed by atoms with van der Waals surface area (Å²) >= 11 is 0. The largest absolute Gasteiger partial charge is 0.346 e. The Bertz CT molecular complexity index is 514. The van der Waals surface area contributed by atoms with Crippen LogP contribution in [0.3, 0.4) is 0 Å². The summed E-state index contributed by atoms with van der Waals surface area (Å²) in [6, 6.07) is 8.74. The van der Waals surface area contributed by atoms with E-state index < -0.39 is 0 Å². The number of nitrogens with zero attached hydrogens (tertiary/aromatic N) is 1. The normalized spacial score (nSPS) is 10.3. The summed E-state index contributed by atoms with van der Waals surface area (Å²) in [5.41, 5.74) is 1.36. The average Bonchev–Trinajstić information content (AvgIpc) is 2.94. The summed E-state index contributed by atoms with van der Waals surface area (Å²) < 4.78 is 2.26. The fourth-order valence-electron chi connectivity index (χ4n) is 2.19. The summed E-state index contributed by atoms with van der Waals surface area (Å²) in [6.07, 6.45) is 5.35. The minimum absolute atomic E-state index is 0.431. The fourth-order valence-corrected chi connectivity index (χ4v) is 4.29. The third-order valence-electron chi connectivity index (χ3n) is 2.97.